The van der Waals surface area contributed by atoms with Gasteiger partial charge in [-0.1, -0.05) is 71.7 Å². The van der Waals surface area contributed by atoms with Crippen LogP contribution in [-0.4, -0.2) is 10.9 Å². The van der Waals surface area contributed by atoms with E-state index in [2.05, 4.69) is 10.3 Å². The highest BCUT2D eigenvalue weighted by Gasteiger charge is 2.21. The van der Waals surface area contributed by atoms with Crippen LogP contribution in [0.3, 0.4) is 0 Å². The maximum Gasteiger partial charge on any atom is 0.256 e. The van der Waals surface area contributed by atoms with E-state index in [1.165, 1.54) is 12.4 Å². The van der Waals surface area contributed by atoms with Gasteiger partial charge in [0.05, 0.1) is 21.3 Å². The number of rotatable bonds is 5. The van der Waals surface area contributed by atoms with Gasteiger partial charge in [0.2, 0.25) is 0 Å². The second-order valence-electron chi connectivity index (χ2n) is 7.12. The molecule has 3 aromatic carbocycles. The number of pyridine rings is 1. The summed E-state index contributed by atoms with van der Waals surface area (Å²) in [5, 5.41) is 4.76. The van der Waals surface area contributed by atoms with Crippen LogP contribution in [0.1, 0.15) is 15.9 Å². The van der Waals surface area contributed by atoms with Crippen LogP contribution < -0.4 is 10.1 Å². The van der Waals surface area contributed by atoms with E-state index in [9.17, 15) is 4.79 Å². The van der Waals surface area contributed by atoms with Crippen LogP contribution >= 0.6 is 23.2 Å². The van der Waals surface area contributed by atoms with E-state index in [4.69, 9.17) is 32.4 Å². The van der Waals surface area contributed by atoms with Crippen molar-refractivity contribution in [1.82, 2.24) is 4.98 Å². The number of fused-ring (bicyclic) bond motifs is 3. The minimum atomic E-state index is -0.369. The molecule has 32 heavy (non-hydrogen) atoms. The van der Waals surface area contributed by atoms with Gasteiger partial charge in [0, 0.05) is 23.2 Å². The second kappa shape index (κ2) is 8.54. The number of nitrogens with zero attached hydrogens (tertiary/aromatic N) is 1. The molecule has 0 aliphatic heterocycles. The average molecular weight is 463 g/mol. The number of amides is 1. The van der Waals surface area contributed by atoms with Crippen LogP contribution in [0.4, 0.5) is 5.69 Å². The van der Waals surface area contributed by atoms with Crippen LogP contribution in [0.5, 0.6) is 5.75 Å². The average Bonchev–Trinajstić information content (AvgIpc) is 3.20. The molecule has 0 atom stereocenters. The van der Waals surface area contributed by atoms with Gasteiger partial charge < -0.3 is 14.5 Å². The summed E-state index contributed by atoms with van der Waals surface area (Å²) in [5.74, 6) is 0.183. The molecule has 0 radical (unpaired) electrons. The highest BCUT2D eigenvalue weighted by atomic mass is 35.5. The first-order chi connectivity index (χ1) is 15.6. The summed E-state index contributed by atoms with van der Waals surface area (Å²) < 4.78 is 12.1. The van der Waals surface area contributed by atoms with Crippen LogP contribution in [-0.2, 0) is 6.61 Å². The minimum absolute atomic E-state index is 0.252. The van der Waals surface area contributed by atoms with Crippen molar-refractivity contribution >= 4 is 56.7 Å². The smallest absolute Gasteiger partial charge is 0.256 e. The van der Waals surface area contributed by atoms with Crippen molar-refractivity contribution in [2.24, 2.45) is 0 Å². The Hall–Kier alpha value is -3.54. The monoisotopic (exact) mass is 462 g/mol. The van der Waals surface area contributed by atoms with Gasteiger partial charge in [0.25, 0.3) is 5.91 Å². The van der Waals surface area contributed by atoms with E-state index in [1.807, 2.05) is 54.6 Å². The minimum Gasteiger partial charge on any atom is -0.485 e. The first-order valence-corrected chi connectivity index (χ1v) is 10.6. The summed E-state index contributed by atoms with van der Waals surface area (Å²) in [5.41, 5.74) is 2.91. The van der Waals surface area contributed by atoms with Crippen LogP contribution in [0.25, 0.3) is 21.9 Å². The predicted molar refractivity (Wildman–Crippen MR) is 127 cm³/mol. The van der Waals surface area contributed by atoms with Gasteiger partial charge in [-0.15, -0.1) is 0 Å². The Morgan fingerprint density at radius 1 is 0.938 bits per heavy atom. The molecule has 1 N–H and O–H groups in total. The first kappa shape index (κ1) is 20.4. The molecule has 0 bridgehead atoms. The van der Waals surface area contributed by atoms with E-state index >= 15 is 0 Å². The van der Waals surface area contributed by atoms with E-state index in [0.29, 0.717) is 40.2 Å². The molecule has 0 aliphatic rings. The van der Waals surface area contributed by atoms with Crippen LogP contribution in [0, 0.1) is 0 Å². The highest BCUT2D eigenvalue weighted by molar-refractivity contribution is 6.40. The van der Waals surface area contributed by atoms with Gasteiger partial charge in [0.1, 0.15) is 12.2 Å². The fraction of sp³-hybridized carbons (Fsp3) is 0.0400. The molecular formula is C25H16Cl2N2O3. The molecule has 2 heterocycles. The maximum atomic E-state index is 13.2. The molecule has 0 fully saturated rings. The number of nitrogens with one attached hydrogen (secondary N) is 1. The molecule has 0 saturated carbocycles. The zero-order valence-electron chi connectivity index (χ0n) is 16.6. The van der Waals surface area contributed by atoms with Crippen LogP contribution in [0.2, 0.25) is 10.0 Å². The Morgan fingerprint density at radius 3 is 2.44 bits per heavy atom. The Balaban J connectivity index is 1.58. The number of benzene rings is 3. The lowest BCUT2D eigenvalue weighted by Crippen LogP contribution is -2.13. The number of carbonyl (C=O) groups is 1. The van der Waals surface area contributed by atoms with E-state index in [1.54, 1.807) is 12.1 Å². The summed E-state index contributed by atoms with van der Waals surface area (Å²) in [6, 6.07) is 20.8. The zero-order valence-corrected chi connectivity index (χ0v) is 18.2. The zero-order chi connectivity index (χ0) is 22.1. The third-order valence-corrected chi connectivity index (χ3v) is 5.64. The number of halogens is 2. The Labute approximate surface area is 193 Å². The number of aromatic nitrogens is 1. The largest absolute Gasteiger partial charge is 0.485 e. The lowest BCUT2D eigenvalue weighted by atomic mass is 10.0. The van der Waals surface area contributed by atoms with Crippen LogP contribution in [0.15, 0.2) is 83.5 Å². The standard InChI is InChI=1S/C25H16Cl2N2O3/c26-18-12-28-13-19(27)23(18)29-25(30)17-10-11-21(31-14-15-6-2-1-3-7-15)24-22(17)16-8-4-5-9-20(16)32-24/h1-13H,14H2,(H,28,29,30). The normalized spacial score (nSPS) is 11.1. The number of furan rings is 1. The van der Waals surface area contributed by atoms with E-state index in [-0.39, 0.29) is 16.0 Å². The molecule has 1 amide bonds. The fourth-order valence-electron chi connectivity index (χ4n) is 3.55. The van der Waals surface area contributed by atoms with Crippen molar-refractivity contribution in [3.05, 3.63) is 100 Å². The number of hydrogen-bond acceptors (Lipinski definition) is 4. The lowest BCUT2D eigenvalue weighted by Gasteiger charge is -2.11. The topological polar surface area (TPSA) is 64.4 Å². The maximum absolute atomic E-state index is 13.2. The molecule has 2 aromatic heterocycles. The lowest BCUT2D eigenvalue weighted by molar-refractivity contribution is 0.102. The van der Waals surface area contributed by atoms with E-state index in [0.717, 1.165) is 10.9 Å². The summed E-state index contributed by atoms with van der Waals surface area (Å²) >= 11 is 12.4. The van der Waals surface area contributed by atoms with Crippen molar-refractivity contribution < 1.29 is 13.9 Å². The third kappa shape index (κ3) is 3.77. The van der Waals surface area contributed by atoms with E-state index < -0.39 is 0 Å². The highest BCUT2D eigenvalue weighted by Crippen LogP contribution is 2.38. The number of para-hydroxylation sites is 1. The third-order valence-electron chi connectivity index (χ3n) is 5.06. The van der Waals surface area contributed by atoms with Gasteiger partial charge in [0.15, 0.2) is 11.3 Å². The molecule has 0 spiro atoms. The summed E-state index contributed by atoms with van der Waals surface area (Å²) in [6.07, 6.45) is 2.85. The Morgan fingerprint density at radius 2 is 1.66 bits per heavy atom. The summed E-state index contributed by atoms with van der Waals surface area (Å²) in [6.45, 7) is 0.376. The molecule has 0 saturated heterocycles. The van der Waals surface area contributed by atoms with Crippen molar-refractivity contribution in [3.8, 4) is 5.75 Å². The molecule has 7 heteroatoms. The number of hydrogen-bond donors (Lipinski definition) is 1. The number of anilines is 1. The van der Waals surface area contributed by atoms with Crippen molar-refractivity contribution in [1.29, 1.82) is 0 Å². The van der Waals surface area contributed by atoms with Gasteiger partial charge in [-0.2, -0.15) is 0 Å². The Kier molecular flexibility index (Phi) is 5.43. The molecule has 5 rings (SSSR count). The van der Waals surface area contributed by atoms with Crippen molar-refractivity contribution in [3.63, 3.8) is 0 Å². The number of ether oxygens (including phenoxy) is 1. The first-order valence-electron chi connectivity index (χ1n) is 9.83. The fourth-order valence-corrected chi connectivity index (χ4v) is 4.01. The quantitative estimate of drug-likeness (QED) is 0.302. The van der Waals surface area contributed by atoms with Gasteiger partial charge in [-0.25, -0.2) is 0 Å². The molecule has 0 aliphatic carbocycles. The molecule has 5 aromatic rings. The SMILES string of the molecule is O=C(Nc1c(Cl)cncc1Cl)c1ccc(OCc2ccccc2)c2oc3ccccc3c12. The molecule has 5 nitrogen and oxygen atoms in total. The van der Waals surface area contributed by atoms with Gasteiger partial charge in [-0.3, -0.25) is 9.78 Å². The van der Waals surface area contributed by atoms with Crippen molar-refractivity contribution in [2.75, 3.05) is 5.32 Å². The molecule has 158 valence electrons. The Bertz CT molecular complexity index is 1430. The van der Waals surface area contributed by atoms with Gasteiger partial charge >= 0.3 is 0 Å². The van der Waals surface area contributed by atoms with Crippen molar-refractivity contribution in [2.45, 2.75) is 6.61 Å². The van der Waals surface area contributed by atoms with Gasteiger partial charge in [-0.05, 0) is 23.8 Å². The predicted octanol–water partition coefficient (Wildman–Crippen LogP) is 7.12. The molecule has 0 unspecified atom stereocenters. The molecular weight excluding hydrogens is 447 g/mol. The number of carbonyl (C=O) groups excluding carboxylic acids is 1. The second-order valence-corrected chi connectivity index (χ2v) is 7.93. The summed E-state index contributed by atoms with van der Waals surface area (Å²) in [4.78, 5) is 17.2. The summed E-state index contributed by atoms with van der Waals surface area (Å²) in [7, 11) is 0.